The van der Waals surface area contributed by atoms with Crippen molar-refractivity contribution in [1.82, 2.24) is 0 Å². The van der Waals surface area contributed by atoms with Gasteiger partial charge in [0.05, 0.1) is 10.5 Å². The Balaban J connectivity index is 3.34. The highest BCUT2D eigenvalue weighted by atomic mass is 16.6. The molecule has 0 atom stereocenters. The van der Waals surface area contributed by atoms with Crippen molar-refractivity contribution in [2.45, 2.75) is 0 Å². The number of nitro benzene ring substituents is 1. The van der Waals surface area contributed by atoms with Crippen LogP contribution in [0.1, 0.15) is 5.56 Å². The monoisotopic (exact) mass is 237 g/mol. The molecule has 0 aliphatic heterocycles. The lowest BCUT2D eigenvalue weighted by atomic mass is 10.1. The van der Waals surface area contributed by atoms with E-state index in [0.29, 0.717) is 0 Å². The molecule has 0 radical (unpaired) electrons. The van der Waals surface area contributed by atoms with Crippen molar-refractivity contribution in [1.29, 1.82) is 0 Å². The number of para-hydroxylation sites is 1. The largest absolute Gasteiger partial charge is 0.477 e. The maximum absolute atomic E-state index is 10.6. The van der Waals surface area contributed by atoms with E-state index in [-0.39, 0.29) is 11.3 Å². The van der Waals surface area contributed by atoms with Crippen molar-refractivity contribution >= 4 is 23.7 Å². The van der Waals surface area contributed by atoms with Crippen molar-refractivity contribution in [3.05, 3.63) is 45.5 Å². The fourth-order valence-electron chi connectivity index (χ4n) is 1.15. The third-order valence-corrected chi connectivity index (χ3v) is 1.89. The molecule has 0 bridgehead atoms. The van der Waals surface area contributed by atoms with Crippen LogP contribution in [0.4, 0.5) is 5.69 Å². The summed E-state index contributed by atoms with van der Waals surface area (Å²) in [6, 6.07) is 5.27. The quantitative estimate of drug-likeness (QED) is 0.266. The van der Waals surface area contributed by atoms with Gasteiger partial charge in [-0.2, -0.15) is 0 Å². The molecule has 1 aromatic carbocycles. The Morgan fingerprint density at radius 1 is 1.18 bits per heavy atom. The summed E-state index contributed by atoms with van der Waals surface area (Å²) in [6.45, 7) is 0. The second-order valence-corrected chi connectivity index (χ2v) is 2.98. The van der Waals surface area contributed by atoms with Crippen molar-refractivity contribution < 1.29 is 24.7 Å². The fraction of sp³-hybridized carbons (Fsp3) is 0. The number of aliphatic carboxylic acids is 2. The standard InChI is InChI=1S/C10H7NO6/c12-9(13)7(10(14)15)5-6-3-1-2-4-8(6)11(16)17/h1-5H,(H,12,13)(H,14,15). The number of hydrogen-bond donors (Lipinski definition) is 2. The van der Waals surface area contributed by atoms with E-state index in [1.165, 1.54) is 18.2 Å². The van der Waals surface area contributed by atoms with Gasteiger partial charge >= 0.3 is 11.9 Å². The first kappa shape index (κ1) is 12.4. The molecule has 0 amide bonds. The van der Waals surface area contributed by atoms with Gasteiger partial charge in [0, 0.05) is 6.07 Å². The van der Waals surface area contributed by atoms with Crippen LogP contribution >= 0.6 is 0 Å². The van der Waals surface area contributed by atoms with E-state index in [2.05, 4.69) is 0 Å². The Morgan fingerprint density at radius 2 is 1.71 bits per heavy atom. The first-order valence-corrected chi connectivity index (χ1v) is 4.35. The van der Waals surface area contributed by atoms with E-state index in [9.17, 15) is 19.7 Å². The number of carboxylic acids is 2. The zero-order valence-corrected chi connectivity index (χ0v) is 8.36. The van der Waals surface area contributed by atoms with Crippen LogP contribution in [0.15, 0.2) is 29.8 Å². The molecule has 0 aliphatic rings. The van der Waals surface area contributed by atoms with E-state index in [1.807, 2.05) is 0 Å². The first-order chi connectivity index (χ1) is 7.93. The zero-order chi connectivity index (χ0) is 13.0. The zero-order valence-electron chi connectivity index (χ0n) is 8.36. The molecular weight excluding hydrogens is 230 g/mol. The number of carboxylic acid groups (broad SMARTS) is 2. The van der Waals surface area contributed by atoms with Crippen molar-refractivity contribution in [3.8, 4) is 0 Å². The molecule has 1 aromatic rings. The Kier molecular flexibility index (Phi) is 3.55. The van der Waals surface area contributed by atoms with Gasteiger partial charge in [-0.3, -0.25) is 10.1 Å². The molecule has 7 nitrogen and oxygen atoms in total. The molecule has 7 heteroatoms. The van der Waals surface area contributed by atoms with Crippen LogP contribution in [0.25, 0.3) is 6.08 Å². The van der Waals surface area contributed by atoms with Gasteiger partial charge in [0.25, 0.3) is 5.69 Å². The summed E-state index contributed by atoms with van der Waals surface area (Å²) < 4.78 is 0. The van der Waals surface area contributed by atoms with Gasteiger partial charge in [0.1, 0.15) is 5.57 Å². The molecule has 0 saturated carbocycles. The van der Waals surface area contributed by atoms with Crippen LogP contribution in [-0.4, -0.2) is 27.1 Å². The Hall–Kier alpha value is -2.70. The third kappa shape index (κ3) is 2.88. The molecule has 17 heavy (non-hydrogen) atoms. The summed E-state index contributed by atoms with van der Waals surface area (Å²) in [5.74, 6) is -3.31. The Bertz CT molecular complexity index is 503. The summed E-state index contributed by atoms with van der Waals surface area (Å²) in [7, 11) is 0. The molecule has 0 heterocycles. The number of nitrogens with zero attached hydrogens (tertiary/aromatic N) is 1. The van der Waals surface area contributed by atoms with Gasteiger partial charge in [-0.25, -0.2) is 9.59 Å². The van der Waals surface area contributed by atoms with Crippen LogP contribution in [0.3, 0.4) is 0 Å². The van der Waals surface area contributed by atoms with Crippen LogP contribution in [0.2, 0.25) is 0 Å². The highest BCUT2D eigenvalue weighted by Gasteiger charge is 2.19. The molecule has 0 saturated heterocycles. The van der Waals surface area contributed by atoms with Crippen molar-refractivity contribution in [2.24, 2.45) is 0 Å². The molecule has 0 unspecified atom stereocenters. The predicted molar refractivity (Wildman–Crippen MR) is 56.3 cm³/mol. The lowest BCUT2D eigenvalue weighted by molar-refractivity contribution is -0.385. The van der Waals surface area contributed by atoms with Crippen LogP contribution < -0.4 is 0 Å². The topological polar surface area (TPSA) is 118 Å². The highest BCUT2D eigenvalue weighted by Crippen LogP contribution is 2.20. The lowest BCUT2D eigenvalue weighted by Gasteiger charge is -1.98. The average Bonchev–Trinajstić information content (AvgIpc) is 2.25. The number of hydrogen-bond acceptors (Lipinski definition) is 4. The molecular formula is C10H7NO6. The van der Waals surface area contributed by atoms with E-state index >= 15 is 0 Å². The minimum Gasteiger partial charge on any atom is -0.477 e. The Morgan fingerprint density at radius 3 is 2.18 bits per heavy atom. The minimum atomic E-state index is -1.66. The van der Waals surface area contributed by atoms with E-state index < -0.39 is 22.4 Å². The number of carbonyl (C=O) groups is 2. The highest BCUT2D eigenvalue weighted by molar-refractivity contribution is 6.16. The van der Waals surface area contributed by atoms with E-state index in [4.69, 9.17) is 10.2 Å². The fourth-order valence-corrected chi connectivity index (χ4v) is 1.15. The van der Waals surface area contributed by atoms with Gasteiger partial charge < -0.3 is 10.2 Å². The smallest absolute Gasteiger partial charge is 0.343 e. The van der Waals surface area contributed by atoms with Crippen molar-refractivity contribution in [2.75, 3.05) is 0 Å². The molecule has 0 fully saturated rings. The number of rotatable bonds is 4. The first-order valence-electron chi connectivity index (χ1n) is 4.35. The average molecular weight is 237 g/mol. The summed E-state index contributed by atoms with van der Waals surface area (Å²) in [4.78, 5) is 31.1. The molecule has 88 valence electrons. The summed E-state index contributed by atoms with van der Waals surface area (Å²) in [5.41, 5.74) is -1.36. The van der Waals surface area contributed by atoms with Gasteiger partial charge in [0.2, 0.25) is 0 Å². The predicted octanol–water partition coefficient (Wildman–Crippen LogP) is 1.15. The molecule has 0 aromatic heterocycles. The third-order valence-electron chi connectivity index (χ3n) is 1.89. The molecule has 2 N–H and O–H groups in total. The maximum Gasteiger partial charge on any atom is 0.343 e. The molecule has 0 spiro atoms. The summed E-state index contributed by atoms with van der Waals surface area (Å²) >= 11 is 0. The SMILES string of the molecule is O=C(O)C(=Cc1ccccc1[N+](=O)[O-])C(=O)O. The minimum absolute atomic E-state index is 0.0719. The lowest BCUT2D eigenvalue weighted by Crippen LogP contribution is -2.11. The van der Waals surface area contributed by atoms with E-state index in [0.717, 1.165) is 12.1 Å². The molecule has 0 aliphatic carbocycles. The van der Waals surface area contributed by atoms with Gasteiger partial charge in [-0.05, 0) is 12.1 Å². The normalized spacial score (nSPS) is 9.41. The van der Waals surface area contributed by atoms with Crippen LogP contribution in [0.5, 0.6) is 0 Å². The van der Waals surface area contributed by atoms with Crippen LogP contribution in [-0.2, 0) is 9.59 Å². The van der Waals surface area contributed by atoms with Crippen LogP contribution in [0, 0.1) is 10.1 Å². The maximum atomic E-state index is 10.6. The van der Waals surface area contributed by atoms with Crippen molar-refractivity contribution in [3.63, 3.8) is 0 Å². The van der Waals surface area contributed by atoms with Gasteiger partial charge in [0.15, 0.2) is 0 Å². The number of nitro groups is 1. The summed E-state index contributed by atoms with van der Waals surface area (Å²) in [6.07, 6.45) is 0.753. The van der Waals surface area contributed by atoms with Gasteiger partial charge in [-0.15, -0.1) is 0 Å². The number of benzene rings is 1. The second kappa shape index (κ2) is 4.88. The molecule has 1 rings (SSSR count). The summed E-state index contributed by atoms with van der Waals surface area (Å²) in [5, 5.41) is 27.9. The second-order valence-electron chi connectivity index (χ2n) is 2.98. The Labute approximate surface area is 94.8 Å². The van der Waals surface area contributed by atoms with E-state index in [1.54, 1.807) is 0 Å². The van der Waals surface area contributed by atoms with Gasteiger partial charge in [-0.1, -0.05) is 12.1 Å².